The van der Waals surface area contributed by atoms with Gasteiger partial charge in [0.1, 0.15) is 5.60 Å². The Morgan fingerprint density at radius 1 is 1.22 bits per heavy atom. The van der Waals surface area contributed by atoms with Gasteiger partial charge in [0.25, 0.3) is 0 Å². The number of alkyl carbamates (subject to hydrolysis) is 1. The van der Waals surface area contributed by atoms with Gasteiger partial charge in [-0.25, -0.2) is 4.79 Å². The van der Waals surface area contributed by atoms with Crippen molar-refractivity contribution in [2.24, 2.45) is 5.92 Å². The smallest absolute Gasteiger partial charge is 0.416 e. The van der Waals surface area contributed by atoms with Crippen LogP contribution in [0.4, 0.5) is 18.0 Å². The summed E-state index contributed by atoms with van der Waals surface area (Å²) in [6.45, 7) is 7.72. The minimum absolute atomic E-state index is 0.589. The Hall–Kier alpha value is -0.980. The van der Waals surface area contributed by atoms with E-state index in [0.717, 1.165) is 0 Å². The van der Waals surface area contributed by atoms with Gasteiger partial charge in [-0.3, -0.25) is 0 Å². The first-order valence-electron chi connectivity index (χ1n) is 5.59. The van der Waals surface area contributed by atoms with Gasteiger partial charge in [-0.15, -0.1) is 0 Å². The number of rotatable bonds is 3. The number of carbonyl (C=O) groups excluding carboxylic acids is 1. The van der Waals surface area contributed by atoms with Gasteiger partial charge in [-0.2, -0.15) is 13.2 Å². The highest BCUT2D eigenvalue weighted by Crippen LogP contribution is 2.25. The fourth-order valence-electron chi connectivity index (χ4n) is 1.26. The Kier molecular flexibility index (Phi) is 5.46. The van der Waals surface area contributed by atoms with Crippen LogP contribution in [0.15, 0.2) is 0 Å². The number of hydrogen-bond acceptors (Lipinski definition) is 3. The lowest BCUT2D eigenvalue weighted by molar-refractivity contribution is -0.214. The molecule has 0 spiro atoms. The van der Waals surface area contributed by atoms with Crippen molar-refractivity contribution in [2.75, 3.05) is 0 Å². The van der Waals surface area contributed by atoms with Crippen LogP contribution in [0.3, 0.4) is 0 Å². The van der Waals surface area contributed by atoms with E-state index >= 15 is 0 Å². The van der Waals surface area contributed by atoms with Crippen LogP contribution in [-0.2, 0) is 4.74 Å². The van der Waals surface area contributed by atoms with Crippen molar-refractivity contribution < 1.29 is 27.8 Å². The lowest BCUT2D eigenvalue weighted by Gasteiger charge is -2.30. The molecule has 0 heterocycles. The number of carbonyl (C=O) groups is 1. The normalized spacial score (nSPS) is 16.3. The Morgan fingerprint density at radius 2 is 1.67 bits per heavy atom. The predicted octanol–water partition coefficient (Wildman–Crippen LogP) is 2.46. The zero-order chi connectivity index (χ0) is 14.7. The number of aliphatic hydroxyl groups is 1. The molecule has 7 heteroatoms. The van der Waals surface area contributed by atoms with E-state index in [1.807, 2.05) is 5.32 Å². The molecule has 0 bridgehead atoms. The van der Waals surface area contributed by atoms with E-state index in [1.54, 1.807) is 20.8 Å². The van der Waals surface area contributed by atoms with Crippen molar-refractivity contribution in [3.8, 4) is 0 Å². The third-order valence-corrected chi connectivity index (χ3v) is 2.08. The van der Waals surface area contributed by atoms with Crippen LogP contribution in [0, 0.1) is 5.92 Å². The first kappa shape index (κ1) is 17.0. The SMILES string of the molecule is CC(C)C(NC(=O)OC(C)(C)C)C(O)C(F)(F)F. The molecule has 2 unspecified atom stereocenters. The van der Waals surface area contributed by atoms with Crippen molar-refractivity contribution >= 4 is 6.09 Å². The number of alkyl halides is 3. The summed E-state index contributed by atoms with van der Waals surface area (Å²) >= 11 is 0. The number of aliphatic hydroxyl groups excluding tert-OH is 1. The molecule has 0 radical (unpaired) electrons. The van der Waals surface area contributed by atoms with Crippen molar-refractivity contribution in [2.45, 2.75) is 58.5 Å². The summed E-state index contributed by atoms with van der Waals surface area (Å²) < 4.78 is 42.1. The van der Waals surface area contributed by atoms with Crippen LogP contribution < -0.4 is 5.32 Å². The molecule has 0 aromatic heterocycles. The number of halogens is 3. The molecule has 0 aliphatic rings. The Morgan fingerprint density at radius 3 is 1.94 bits per heavy atom. The fraction of sp³-hybridized carbons (Fsp3) is 0.909. The molecule has 0 saturated carbocycles. The second kappa shape index (κ2) is 5.77. The van der Waals surface area contributed by atoms with E-state index in [2.05, 4.69) is 0 Å². The molecule has 0 fully saturated rings. The van der Waals surface area contributed by atoms with Crippen LogP contribution in [0.5, 0.6) is 0 Å². The molecule has 0 saturated heterocycles. The first-order valence-corrected chi connectivity index (χ1v) is 5.59. The molecule has 18 heavy (non-hydrogen) atoms. The maximum atomic E-state index is 12.4. The monoisotopic (exact) mass is 271 g/mol. The molecular formula is C11H20F3NO3. The van der Waals surface area contributed by atoms with E-state index in [-0.39, 0.29) is 0 Å². The molecule has 1 amide bonds. The van der Waals surface area contributed by atoms with Gasteiger partial charge >= 0.3 is 12.3 Å². The summed E-state index contributed by atoms with van der Waals surface area (Å²) in [6, 6.07) is -1.44. The summed E-state index contributed by atoms with van der Waals surface area (Å²) in [4.78, 5) is 11.4. The largest absolute Gasteiger partial charge is 0.444 e. The highest BCUT2D eigenvalue weighted by molar-refractivity contribution is 5.68. The molecular weight excluding hydrogens is 251 g/mol. The number of nitrogens with one attached hydrogen (secondary N) is 1. The second-order valence-corrected chi connectivity index (χ2v) is 5.40. The average Bonchev–Trinajstić information content (AvgIpc) is 2.08. The number of amides is 1. The van der Waals surface area contributed by atoms with Gasteiger partial charge in [0.05, 0.1) is 6.04 Å². The second-order valence-electron chi connectivity index (χ2n) is 5.40. The maximum Gasteiger partial charge on any atom is 0.416 e. The first-order chi connectivity index (χ1) is 7.84. The number of ether oxygens (including phenoxy) is 1. The summed E-state index contributed by atoms with van der Waals surface area (Å²) in [7, 11) is 0. The zero-order valence-electron chi connectivity index (χ0n) is 11.1. The molecule has 0 rings (SSSR count). The highest BCUT2D eigenvalue weighted by Gasteiger charge is 2.45. The van der Waals surface area contributed by atoms with Crippen molar-refractivity contribution in [1.82, 2.24) is 5.32 Å². The quantitative estimate of drug-likeness (QED) is 0.829. The maximum absolute atomic E-state index is 12.4. The lowest BCUT2D eigenvalue weighted by Crippen LogP contribution is -2.53. The lowest BCUT2D eigenvalue weighted by atomic mass is 9.98. The summed E-state index contributed by atoms with van der Waals surface area (Å²) in [5, 5.41) is 11.2. The van der Waals surface area contributed by atoms with Crippen LogP contribution >= 0.6 is 0 Å². The Labute approximate surface area is 105 Å². The zero-order valence-corrected chi connectivity index (χ0v) is 11.1. The van der Waals surface area contributed by atoms with Gasteiger partial charge in [0.15, 0.2) is 6.10 Å². The van der Waals surface area contributed by atoms with Gasteiger partial charge in [0, 0.05) is 0 Å². The van der Waals surface area contributed by atoms with Crippen LogP contribution in [0.2, 0.25) is 0 Å². The van der Waals surface area contributed by atoms with Gasteiger partial charge in [-0.05, 0) is 26.7 Å². The van der Waals surface area contributed by atoms with E-state index in [0.29, 0.717) is 0 Å². The summed E-state index contributed by atoms with van der Waals surface area (Å²) in [5.41, 5.74) is -0.811. The van der Waals surface area contributed by atoms with Gasteiger partial charge in [0.2, 0.25) is 0 Å². The third kappa shape index (κ3) is 6.09. The van der Waals surface area contributed by atoms with Crippen molar-refractivity contribution in [3.63, 3.8) is 0 Å². The minimum Gasteiger partial charge on any atom is -0.444 e. The third-order valence-electron chi connectivity index (χ3n) is 2.08. The molecule has 0 aromatic rings. The highest BCUT2D eigenvalue weighted by atomic mass is 19.4. The molecule has 0 aliphatic carbocycles. The van der Waals surface area contributed by atoms with E-state index in [1.165, 1.54) is 13.8 Å². The van der Waals surface area contributed by atoms with E-state index in [4.69, 9.17) is 9.84 Å². The topological polar surface area (TPSA) is 58.6 Å². The fourth-order valence-corrected chi connectivity index (χ4v) is 1.26. The van der Waals surface area contributed by atoms with E-state index < -0.39 is 35.9 Å². The predicted molar refractivity (Wildman–Crippen MR) is 60.1 cm³/mol. The average molecular weight is 271 g/mol. The Balaban J connectivity index is 4.70. The Bertz CT molecular complexity index is 284. The minimum atomic E-state index is -4.79. The molecule has 0 aromatic carbocycles. The van der Waals surface area contributed by atoms with Crippen molar-refractivity contribution in [1.29, 1.82) is 0 Å². The summed E-state index contributed by atoms with van der Waals surface area (Å²) in [5.74, 6) is -0.589. The van der Waals surface area contributed by atoms with Crippen molar-refractivity contribution in [3.05, 3.63) is 0 Å². The molecule has 2 N–H and O–H groups in total. The molecule has 108 valence electrons. The van der Waals surface area contributed by atoms with Crippen LogP contribution in [0.25, 0.3) is 0 Å². The molecule has 0 aliphatic heterocycles. The van der Waals surface area contributed by atoms with Gasteiger partial charge < -0.3 is 15.2 Å². The molecule has 2 atom stereocenters. The summed E-state index contributed by atoms with van der Waals surface area (Å²) in [6.07, 6.45) is -8.39. The standard InChI is InChI=1S/C11H20F3NO3/c1-6(2)7(8(16)11(12,13)14)15-9(17)18-10(3,4)5/h6-8,16H,1-5H3,(H,15,17). The molecule has 4 nitrogen and oxygen atoms in total. The van der Waals surface area contributed by atoms with Crippen LogP contribution in [-0.4, -0.2) is 35.1 Å². The van der Waals surface area contributed by atoms with E-state index in [9.17, 15) is 18.0 Å². The number of hydrogen-bond donors (Lipinski definition) is 2. The van der Waals surface area contributed by atoms with Crippen LogP contribution in [0.1, 0.15) is 34.6 Å². The van der Waals surface area contributed by atoms with Gasteiger partial charge in [-0.1, -0.05) is 13.8 Å².